The maximum atomic E-state index is 12.6. The molecule has 3 rings (SSSR count). The van der Waals surface area contributed by atoms with Crippen molar-refractivity contribution < 1.29 is 13.2 Å². The van der Waals surface area contributed by atoms with Gasteiger partial charge in [-0.3, -0.25) is 0 Å². The van der Waals surface area contributed by atoms with Crippen LogP contribution in [0.15, 0.2) is 65.4 Å². The summed E-state index contributed by atoms with van der Waals surface area (Å²) in [7, 11) is 0. The van der Waals surface area contributed by atoms with Crippen LogP contribution in [-0.4, -0.2) is 0 Å². The van der Waals surface area contributed by atoms with Crippen molar-refractivity contribution in [3.63, 3.8) is 0 Å². The molecule has 24 heavy (non-hydrogen) atoms. The Bertz CT molecular complexity index is 766. The van der Waals surface area contributed by atoms with Crippen LogP contribution in [0.3, 0.4) is 0 Å². The lowest BCUT2D eigenvalue weighted by molar-refractivity contribution is -0.137. The summed E-state index contributed by atoms with van der Waals surface area (Å²) in [5.74, 6) is 0. The smallest absolute Gasteiger partial charge is 0.320 e. The second-order valence-electron chi connectivity index (χ2n) is 5.23. The average Bonchev–Trinajstić information content (AvgIpc) is 3.08. The Labute approximate surface area is 148 Å². The highest BCUT2D eigenvalue weighted by atomic mass is 35.5. The SMILES string of the molecule is Cl.N[C@H](c1ccc(-c2ccc(C(F)(F)F)cc2)cc1)c1ccsc1. The fraction of sp³-hybridized carbons (Fsp3) is 0.111. The number of thiophene rings is 1. The summed E-state index contributed by atoms with van der Waals surface area (Å²) in [5.41, 5.74) is 9.19. The number of hydrogen-bond acceptors (Lipinski definition) is 2. The van der Waals surface area contributed by atoms with Crippen molar-refractivity contribution in [1.29, 1.82) is 0 Å². The third-order valence-corrected chi connectivity index (χ3v) is 4.42. The standard InChI is InChI=1S/C18H14F3NS.ClH/c19-18(20,21)16-7-5-13(6-8-16)12-1-3-14(4-2-12)17(22)15-9-10-23-11-15;/h1-11,17H,22H2;1H/t17-;/m1./s1. The second-order valence-corrected chi connectivity index (χ2v) is 6.01. The maximum absolute atomic E-state index is 12.6. The van der Waals surface area contributed by atoms with E-state index in [0.717, 1.165) is 34.4 Å². The molecule has 0 aliphatic rings. The summed E-state index contributed by atoms with van der Waals surface area (Å²) >= 11 is 1.59. The zero-order chi connectivity index (χ0) is 16.4. The van der Waals surface area contributed by atoms with Gasteiger partial charge in [-0.05, 0) is 51.2 Å². The molecule has 1 atom stereocenters. The van der Waals surface area contributed by atoms with Gasteiger partial charge >= 0.3 is 6.18 Å². The van der Waals surface area contributed by atoms with Gasteiger partial charge in [-0.1, -0.05) is 36.4 Å². The Morgan fingerprint density at radius 3 is 1.79 bits per heavy atom. The second kappa shape index (κ2) is 7.38. The highest BCUT2D eigenvalue weighted by Crippen LogP contribution is 2.31. The molecule has 0 aliphatic heterocycles. The number of nitrogens with two attached hydrogens (primary N) is 1. The zero-order valence-electron chi connectivity index (χ0n) is 12.5. The highest BCUT2D eigenvalue weighted by Gasteiger charge is 2.29. The number of rotatable bonds is 3. The summed E-state index contributed by atoms with van der Waals surface area (Å²) in [6.45, 7) is 0. The van der Waals surface area contributed by atoms with E-state index in [1.807, 2.05) is 41.1 Å². The Morgan fingerprint density at radius 2 is 1.33 bits per heavy atom. The first-order valence-electron chi connectivity index (χ1n) is 7.00. The van der Waals surface area contributed by atoms with Crippen LogP contribution in [0, 0.1) is 0 Å². The fourth-order valence-electron chi connectivity index (χ4n) is 2.38. The van der Waals surface area contributed by atoms with Crippen LogP contribution in [-0.2, 0) is 6.18 Å². The van der Waals surface area contributed by atoms with Gasteiger partial charge in [-0.25, -0.2) is 0 Å². The molecule has 6 heteroatoms. The maximum Gasteiger partial charge on any atom is 0.416 e. The molecule has 126 valence electrons. The van der Waals surface area contributed by atoms with Gasteiger partial charge in [0.15, 0.2) is 0 Å². The van der Waals surface area contributed by atoms with Crippen LogP contribution in [0.1, 0.15) is 22.7 Å². The van der Waals surface area contributed by atoms with Gasteiger partial charge in [-0.2, -0.15) is 24.5 Å². The normalized spacial score (nSPS) is 12.5. The Kier molecular flexibility index (Phi) is 5.70. The Balaban J connectivity index is 0.00000208. The van der Waals surface area contributed by atoms with Gasteiger partial charge in [0.2, 0.25) is 0 Å². The topological polar surface area (TPSA) is 26.0 Å². The lowest BCUT2D eigenvalue weighted by Gasteiger charge is -2.12. The van der Waals surface area contributed by atoms with Gasteiger partial charge in [0.05, 0.1) is 11.6 Å². The van der Waals surface area contributed by atoms with E-state index < -0.39 is 11.7 Å². The van der Waals surface area contributed by atoms with Crippen LogP contribution < -0.4 is 5.73 Å². The van der Waals surface area contributed by atoms with Gasteiger partial charge in [-0.15, -0.1) is 12.4 Å². The van der Waals surface area contributed by atoms with Crippen molar-refractivity contribution in [2.75, 3.05) is 0 Å². The predicted molar refractivity (Wildman–Crippen MR) is 94.5 cm³/mol. The molecule has 0 fully saturated rings. The number of hydrogen-bond donors (Lipinski definition) is 1. The minimum atomic E-state index is -4.31. The van der Waals surface area contributed by atoms with Crippen molar-refractivity contribution in [3.05, 3.63) is 82.0 Å². The number of benzene rings is 2. The fourth-order valence-corrected chi connectivity index (χ4v) is 3.08. The molecule has 0 spiro atoms. The minimum absolute atomic E-state index is 0. The number of alkyl halides is 3. The summed E-state index contributed by atoms with van der Waals surface area (Å²) < 4.78 is 37.8. The summed E-state index contributed by atoms with van der Waals surface area (Å²) in [6, 6.07) is 14.5. The molecule has 1 heterocycles. The summed E-state index contributed by atoms with van der Waals surface area (Å²) in [6.07, 6.45) is -4.31. The van der Waals surface area contributed by atoms with Crippen LogP contribution in [0.5, 0.6) is 0 Å². The number of halogens is 4. The monoisotopic (exact) mass is 369 g/mol. The molecule has 0 unspecified atom stereocenters. The summed E-state index contributed by atoms with van der Waals surface area (Å²) in [4.78, 5) is 0. The van der Waals surface area contributed by atoms with Gasteiger partial charge in [0.1, 0.15) is 0 Å². The van der Waals surface area contributed by atoms with E-state index in [0.29, 0.717) is 0 Å². The first-order valence-corrected chi connectivity index (χ1v) is 7.95. The molecule has 2 N–H and O–H groups in total. The first kappa shape index (κ1) is 18.5. The van der Waals surface area contributed by atoms with Crippen LogP contribution in [0.2, 0.25) is 0 Å². The average molecular weight is 370 g/mol. The predicted octanol–water partition coefficient (Wildman–Crippen LogP) is 5.90. The molecule has 1 nitrogen and oxygen atoms in total. The largest absolute Gasteiger partial charge is 0.416 e. The molecule has 1 aromatic heterocycles. The first-order chi connectivity index (χ1) is 10.9. The molecule has 0 saturated carbocycles. The molecular weight excluding hydrogens is 355 g/mol. The molecule has 0 saturated heterocycles. The minimum Gasteiger partial charge on any atom is -0.320 e. The van der Waals surface area contributed by atoms with Crippen LogP contribution in [0.4, 0.5) is 13.2 Å². The van der Waals surface area contributed by atoms with Crippen molar-refractivity contribution in [2.24, 2.45) is 5.73 Å². The Morgan fingerprint density at radius 1 is 0.792 bits per heavy atom. The molecule has 0 radical (unpaired) electrons. The van der Waals surface area contributed by atoms with Gasteiger partial charge < -0.3 is 5.73 Å². The van der Waals surface area contributed by atoms with Crippen molar-refractivity contribution >= 4 is 23.7 Å². The van der Waals surface area contributed by atoms with Crippen LogP contribution >= 0.6 is 23.7 Å². The molecule has 3 aromatic rings. The van der Waals surface area contributed by atoms with E-state index in [9.17, 15) is 13.2 Å². The molecular formula is C18H15ClF3NS. The molecule has 0 bridgehead atoms. The third-order valence-electron chi connectivity index (χ3n) is 3.72. The van der Waals surface area contributed by atoms with E-state index in [-0.39, 0.29) is 18.4 Å². The lowest BCUT2D eigenvalue weighted by Crippen LogP contribution is -2.10. The Hall–Kier alpha value is -1.82. The molecule has 0 aliphatic carbocycles. The third kappa shape index (κ3) is 3.98. The van der Waals surface area contributed by atoms with E-state index in [1.165, 1.54) is 12.1 Å². The van der Waals surface area contributed by atoms with Gasteiger partial charge in [0, 0.05) is 0 Å². The molecule has 2 aromatic carbocycles. The van der Waals surface area contributed by atoms with E-state index >= 15 is 0 Å². The lowest BCUT2D eigenvalue weighted by atomic mass is 9.98. The summed E-state index contributed by atoms with van der Waals surface area (Å²) in [5, 5.41) is 3.99. The zero-order valence-corrected chi connectivity index (χ0v) is 14.1. The van der Waals surface area contributed by atoms with E-state index in [2.05, 4.69) is 0 Å². The van der Waals surface area contributed by atoms with Crippen molar-refractivity contribution in [2.45, 2.75) is 12.2 Å². The van der Waals surface area contributed by atoms with Crippen molar-refractivity contribution in [1.82, 2.24) is 0 Å². The van der Waals surface area contributed by atoms with Crippen LogP contribution in [0.25, 0.3) is 11.1 Å². The molecule has 0 amide bonds. The van der Waals surface area contributed by atoms with E-state index in [4.69, 9.17) is 5.73 Å². The quantitative estimate of drug-likeness (QED) is 0.610. The van der Waals surface area contributed by atoms with E-state index in [1.54, 1.807) is 11.3 Å². The van der Waals surface area contributed by atoms with Crippen molar-refractivity contribution in [3.8, 4) is 11.1 Å². The van der Waals surface area contributed by atoms with Gasteiger partial charge in [0.25, 0.3) is 0 Å². The highest BCUT2D eigenvalue weighted by molar-refractivity contribution is 7.08.